The van der Waals surface area contributed by atoms with Crippen LogP contribution in [0.4, 0.5) is 18.9 Å². The van der Waals surface area contributed by atoms with E-state index in [2.05, 4.69) is 9.80 Å². The average molecular weight is 399 g/mol. The molecule has 0 unspecified atom stereocenters. The number of carbonyl (C=O) groups excluding carboxylic acids is 1. The van der Waals surface area contributed by atoms with Crippen LogP contribution in [0.25, 0.3) is 10.1 Å². The number of unbranched alkanes of at least 4 members (excludes halogenated alkanes) is 2. The highest BCUT2D eigenvalue weighted by Gasteiger charge is 2.31. The molecule has 3 rings (SSSR count). The Labute approximate surface area is 160 Å². The maximum Gasteiger partial charge on any atom is 0.416 e. The predicted octanol–water partition coefficient (Wildman–Crippen LogP) is 4.09. The molecule has 2 N–H and O–H groups in total. The number of fused-ring (bicyclic) bond motifs is 1. The molecule has 2 heterocycles. The molecule has 0 bridgehead atoms. The van der Waals surface area contributed by atoms with Gasteiger partial charge in [0.1, 0.15) is 0 Å². The third kappa shape index (κ3) is 5.13. The Hall–Kier alpha value is -1.80. The van der Waals surface area contributed by atoms with E-state index in [0.717, 1.165) is 63.1 Å². The first kappa shape index (κ1) is 19.9. The van der Waals surface area contributed by atoms with Gasteiger partial charge in [0.2, 0.25) is 5.91 Å². The molecule has 0 saturated carbocycles. The van der Waals surface area contributed by atoms with E-state index in [1.165, 1.54) is 23.5 Å². The number of nitrogens with two attached hydrogens (primary N) is 1. The zero-order valence-corrected chi connectivity index (χ0v) is 15.9. The number of primary amides is 1. The summed E-state index contributed by atoms with van der Waals surface area (Å²) in [5, 5.41) is 2.86. The third-order valence-electron chi connectivity index (χ3n) is 4.99. The van der Waals surface area contributed by atoms with Gasteiger partial charge >= 0.3 is 6.18 Å². The lowest BCUT2D eigenvalue weighted by atomic mass is 10.1. The van der Waals surface area contributed by atoms with Crippen LogP contribution in [0.3, 0.4) is 0 Å². The molecule has 1 aliphatic rings. The van der Waals surface area contributed by atoms with E-state index in [4.69, 9.17) is 5.73 Å². The molecular weight excluding hydrogens is 375 g/mol. The Bertz CT molecular complexity index is 782. The van der Waals surface area contributed by atoms with Crippen LogP contribution in [0.15, 0.2) is 23.6 Å². The summed E-state index contributed by atoms with van der Waals surface area (Å²) in [5.74, 6) is -0.242. The molecule has 1 saturated heterocycles. The van der Waals surface area contributed by atoms with Crippen molar-refractivity contribution in [3.63, 3.8) is 0 Å². The quantitative estimate of drug-likeness (QED) is 0.714. The van der Waals surface area contributed by atoms with Gasteiger partial charge in [-0.2, -0.15) is 13.2 Å². The van der Waals surface area contributed by atoms with Gasteiger partial charge in [-0.1, -0.05) is 12.5 Å². The van der Waals surface area contributed by atoms with Crippen LogP contribution < -0.4 is 10.6 Å². The Morgan fingerprint density at radius 2 is 1.85 bits per heavy atom. The van der Waals surface area contributed by atoms with E-state index in [-0.39, 0.29) is 5.91 Å². The second-order valence-corrected chi connectivity index (χ2v) is 7.85. The lowest BCUT2D eigenvalue weighted by molar-refractivity contribution is -0.137. The topological polar surface area (TPSA) is 49.6 Å². The zero-order chi connectivity index (χ0) is 19.4. The Kier molecular flexibility index (Phi) is 6.26. The largest absolute Gasteiger partial charge is 0.416 e. The summed E-state index contributed by atoms with van der Waals surface area (Å²) in [6.07, 6.45) is -0.957. The summed E-state index contributed by atoms with van der Waals surface area (Å²) in [6.45, 7) is 4.62. The number of benzene rings is 1. The fourth-order valence-electron chi connectivity index (χ4n) is 3.46. The van der Waals surface area contributed by atoms with Crippen LogP contribution in [-0.4, -0.2) is 43.5 Å². The van der Waals surface area contributed by atoms with Crippen molar-refractivity contribution in [1.29, 1.82) is 0 Å². The number of thiophene rings is 1. The minimum Gasteiger partial charge on any atom is -0.370 e. The second-order valence-electron chi connectivity index (χ2n) is 6.94. The lowest BCUT2D eigenvalue weighted by Crippen LogP contribution is -2.46. The number of halogens is 3. The average Bonchev–Trinajstić information content (AvgIpc) is 3.04. The molecule has 1 aromatic carbocycles. The van der Waals surface area contributed by atoms with Crippen molar-refractivity contribution in [2.75, 3.05) is 37.6 Å². The molecule has 0 atom stereocenters. The van der Waals surface area contributed by atoms with Crippen molar-refractivity contribution in [2.24, 2.45) is 5.73 Å². The van der Waals surface area contributed by atoms with Crippen LogP contribution in [0.5, 0.6) is 0 Å². The van der Waals surface area contributed by atoms with Gasteiger partial charge in [0.05, 0.1) is 11.3 Å². The third-order valence-corrected chi connectivity index (χ3v) is 5.93. The number of alkyl halides is 3. The van der Waals surface area contributed by atoms with Gasteiger partial charge in [0, 0.05) is 48.1 Å². The number of carbonyl (C=O) groups is 1. The molecule has 2 aromatic rings. The molecule has 27 heavy (non-hydrogen) atoms. The summed E-state index contributed by atoms with van der Waals surface area (Å²) in [5.41, 5.74) is 5.58. The zero-order valence-electron chi connectivity index (χ0n) is 15.1. The molecule has 4 nitrogen and oxygen atoms in total. The molecular formula is C19H24F3N3OS. The molecule has 1 aromatic heterocycles. The van der Waals surface area contributed by atoms with Gasteiger partial charge in [0.15, 0.2) is 0 Å². The van der Waals surface area contributed by atoms with E-state index in [9.17, 15) is 18.0 Å². The molecule has 148 valence electrons. The Balaban J connectivity index is 1.53. The smallest absolute Gasteiger partial charge is 0.370 e. The highest BCUT2D eigenvalue weighted by molar-refractivity contribution is 7.17. The first-order chi connectivity index (χ1) is 12.8. The molecule has 0 radical (unpaired) electrons. The van der Waals surface area contributed by atoms with Crippen LogP contribution >= 0.6 is 11.3 Å². The van der Waals surface area contributed by atoms with Crippen LogP contribution in [-0.2, 0) is 11.0 Å². The van der Waals surface area contributed by atoms with Crippen LogP contribution in [0.1, 0.15) is 31.2 Å². The molecule has 1 amide bonds. The minimum atomic E-state index is -4.30. The van der Waals surface area contributed by atoms with Crippen LogP contribution in [0, 0.1) is 0 Å². The summed E-state index contributed by atoms with van der Waals surface area (Å²) in [6, 6.07) is 4.00. The summed E-state index contributed by atoms with van der Waals surface area (Å²) in [7, 11) is 0. The number of rotatable bonds is 7. The highest BCUT2D eigenvalue weighted by Crippen LogP contribution is 2.38. The van der Waals surface area contributed by atoms with Crippen molar-refractivity contribution < 1.29 is 18.0 Å². The van der Waals surface area contributed by atoms with Gasteiger partial charge in [0.25, 0.3) is 0 Å². The first-order valence-electron chi connectivity index (χ1n) is 9.18. The number of hydrogen-bond donors (Lipinski definition) is 1. The monoisotopic (exact) mass is 399 g/mol. The molecule has 0 spiro atoms. The fourth-order valence-corrected chi connectivity index (χ4v) is 4.47. The van der Waals surface area contributed by atoms with Gasteiger partial charge in [-0.25, -0.2) is 0 Å². The van der Waals surface area contributed by atoms with Crippen molar-refractivity contribution in [2.45, 2.75) is 31.9 Å². The molecule has 1 fully saturated rings. The van der Waals surface area contributed by atoms with Crippen molar-refractivity contribution in [3.05, 3.63) is 29.1 Å². The molecule has 0 aliphatic carbocycles. The van der Waals surface area contributed by atoms with Crippen molar-refractivity contribution in [1.82, 2.24) is 4.90 Å². The lowest BCUT2D eigenvalue weighted by Gasteiger charge is -2.36. The van der Waals surface area contributed by atoms with E-state index in [0.29, 0.717) is 11.1 Å². The number of amides is 1. The maximum atomic E-state index is 12.9. The molecule has 1 aliphatic heterocycles. The van der Waals surface area contributed by atoms with Gasteiger partial charge < -0.3 is 10.6 Å². The Morgan fingerprint density at radius 1 is 1.11 bits per heavy atom. The summed E-state index contributed by atoms with van der Waals surface area (Å²) in [4.78, 5) is 15.4. The second kappa shape index (κ2) is 8.48. The maximum absolute atomic E-state index is 12.9. The van der Waals surface area contributed by atoms with Crippen LogP contribution in [0.2, 0.25) is 0 Å². The summed E-state index contributed by atoms with van der Waals surface area (Å²) < 4.78 is 39.3. The molecule has 8 heteroatoms. The minimum absolute atomic E-state index is 0.242. The number of anilines is 1. The highest BCUT2D eigenvalue weighted by atomic mass is 32.1. The standard InChI is InChI=1S/C19H24F3N3OS/c20-19(21,22)14-5-6-15-16(13-27-17(15)12-14)25-10-8-24(9-11-25)7-3-1-2-4-18(23)26/h5-6,12-13H,1-4,7-11H2,(H2,23,26). The number of piperazine rings is 1. The normalized spacial score (nSPS) is 16.2. The van der Waals surface area contributed by atoms with Gasteiger partial charge in [-0.05, 0) is 31.5 Å². The fraction of sp³-hybridized carbons (Fsp3) is 0.526. The summed E-state index contributed by atoms with van der Waals surface area (Å²) >= 11 is 1.37. The van der Waals surface area contributed by atoms with Crippen molar-refractivity contribution >= 4 is 33.0 Å². The van der Waals surface area contributed by atoms with E-state index in [1.807, 2.05) is 5.38 Å². The van der Waals surface area contributed by atoms with E-state index < -0.39 is 11.7 Å². The SMILES string of the molecule is NC(=O)CCCCCN1CCN(c2csc3cc(C(F)(F)F)ccc23)CC1. The first-order valence-corrected chi connectivity index (χ1v) is 10.1. The Morgan fingerprint density at radius 3 is 2.52 bits per heavy atom. The number of hydrogen-bond acceptors (Lipinski definition) is 4. The number of nitrogens with zero attached hydrogens (tertiary/aromatic N) is 2. The van der Waals surface area contributed by atoms with Gasteiger partial charge in [-0.3, -0.25) is 9.69 Å². The van der Waals surface area contributed by atoms with Gasteiger partial charge in [-0.15, -0.1) is 11.3 Å². The van der Waals surface area contributed by atoms with E-state index >= 15 is 0 Å². The predicted molar refractivity (Wildman–Crippen MR) is 103 cm³/mol. The van der Waals surface area contributed by atoms with Crippen molar-refractivity contribution in [3.8, 4) is 0 Å². The van der Waals surface area contributed by atoms with E-state index in [1.54, 1.807) is 6.07 Å².